The zero-order valence-corrected chi connectivity index (χ0v) is 16.8. The Kier molecular flexibility index (Phi) is 5.67. The fourth-order valence-electron chi connectivity index (χ4n) is 3.16. The molecule has 0 atom stereocenters. The normalized spacial score (nSPS) is 10.8. The Bertz CT molecular complexity index is 1100. The minimum absolute atomic E-state index is 0.172. The molecule has 0 spiro atoms. The van der Waals surface area contributed by atoms with E-state index in [1.165, 1.54) is 4.57 Å². The maximum atomic E-state index is 12.6. The molecule has 3 aromatic rings. The van der Waals surface area contributed by atoms with Crippen LogP contribution in [0.1, 0.15) is 23.0 Å². The van der Waals surface area contributed by atoms with Crippen LogP contribution >= 0.6 is 0 Å². The van der Waals surface area contributed by atoms with Gasteiger partial charge in [-0.2, -0.15) is 5.10 Å². The summed E-state index contributed by atoms with van der Waals surface area (Å²) in [5, 5.41) is 13.7. The SMILES string of the molecule is CCOc1c(C(=O)O)nc(N(C)Cc2ccccc2-c2cnn(C)c2)n(C)c1=O. The van der Waals surface area contributed by atoms with Crippen LogP contribution < -0.4 is 15.2 Å². The zero-order chi connectivity index (χ0) is 21.1. The molecule has 2 heterocycles. The second-order valence-corrected chi connectivity index (χ2v) is 6.61. The fraction of sp³-hybridized carbons (Fsp3) is 0.300. The number of hydrogen-bond donors (Lipinski definition) is 1. The smallest absolute Gasteiger partial charge is 0.358 e. The number of aryl methyl sites for hydroxylation is 1. The lowest BCUT2D eigenvalue weighted by molar-refractivity contribution is 0.0685. The first-order valence-corrected chi connectivity index (χ1v) is 9.08. The predicted octanol–water partition coefficient (Wildman–Crippen LogP) is 1.91. The largest absolute Gasteiger partial charge is 0.486 e. The molecule has 29 heavy (non-hydrogen) atoms. The van der Waals surface area contributed by atoms with Gasteiger partial charge in [0.1, 0.15) is 0 Å². The monoisotopic (exact) mass is 397 g/mol. The van der Waals surface area contributed by atoms with Crippen LogP contribution in [0.2, 0.25) is 0 Å². The molecule has 152 valence electrons. The Morgan fingerprint density at radius 1 is 1.28 bits per heavy atom. The third-order valence-corrected chi connectivity index (χ3v) is 4.50. The number of carboxylic acids is 1. The number of benzene rings is 1. The van der Waals surface area contributed by atoms with Crippen molar-refractivity contribution < 1.29 is 14.6 Å². The van der Waals surface area contributed by atoms with Gasteiger partial charge in [-0.1, -0.05) is 24.3 Å². The van der Waals surface area contributed by atoms with Gasteiger partial charge in [-0.3, -0.25) is 14.0 Å². The van der Waals surface area contributed by atoms with Gasteiger partial charge in [0.2, 0.25) is 11.7 Å². The topological polar surface area (TPSA) is 102 Å². The minimum Gasteiger partial charge on any atom is -0.486 e. The molecule has 0 bridgehead atoms. The van der Waals surface area contributed by atoms with Crippen molar-refractivity contribution in [1.29, 1.82) is 0 Å². The van der Waals surface area contributed by atoms with Crippen molar-refractivity contribution in [3.8, 4) is 16.9 Å². The van der Waals surface area contributed by atoms with E-state index >= 15 is 0 Å². The lowest BCUT2D eigenvalue weighted by atomic mass is 10.0. The van der Waals surface area contributed by atoms with Crippen LogP contribution in [-0.2, 0) is 20.6 Å². The van der Waals surface area contributed by atoms with E-state index in [-0.39, 0.29) is 18.3 Å². The number of carboxylic acid groups (broad SMARTS) is 1. The first kappa shape index (κ1) is 20.1. The number of carbonyl (C=O) groups is 1. The van der Waals surface area contributed by atoms with Crippen molar-refractivity contribution in [2.24, 2.45) is 14.1 Å². The van der Waals surface area contributed by atoms with E-state index in [2.05, 4.69) is 10.1 Å². The molecule has 1 aromatic carbocycles. The van der Waals surface area contributed by atoms with E-state index in [1.807, 2.05) is 37.5 Å². The highest BCUT2D eigenvalue weighted by atomic mass is 16.5. The van der Waals surface area contributed by atoms with Crippen molar-refractivity contribution in [3.63, 3.8) is 0 Å². The molecule has 2 aromatic heterocycles. The summed E-state index contributed by atoms with van der Waals surface area (Å²) < 4.78 is 8.26. The molecule has 0 radical (unpaired) electrons. The number of nitrogens with zero attached hydrogens (tertiary/aromatic N) is 5. The highest BCUT2D eigenvalue weighted by molar-refractivity contribution is 5.88. The summed E-state index contributed by atoms with van der Waals surface area (Å²) in [5.41, 5.74) is 2.03. The summed E-state index contributed by atoms with van der Waals surface area (Å²) in [6.45, 7) is 2.27. The molecule has 0 unspecified atom stereocenters. The first-order valence-electron chi connectivity index (χ1n) is 9.08. The quantitative estimate of drug-likeness (QED) is 0.650. The maximum Gasteiger partial charge on any atom is 0.358 e. The number of anilines is 1. The molecule has 0 aliphatic heterocycles. The van der Waals surface area contributed by atoms with E-state index in [1.54, 1.807) is 36.8 Å². The highest BCUT2D eigenvalue weighted by Gasteiger charge is 2.23. The summed E-state index contributed by atoms with van der Waals surface area (Å²) in [6.07, 6.45) is 3.71. The third kappa shape index (κ3) is 3.98. The molecule has 0 fully saturated rings. The predicted molar refractivity (Wildman–Crippen MR) is 108 cm³/mol. The van der Waals surface area contributed by atoms with Crippen LogP contribution in [0.4, 0.5) is 5.95 Å². The van der Waals surface area contributed by atoms with Crippen LogP contribution in [-0.4, -0.2) is 44.1 Å². The number of rotatable bonds is 7. The maximum absolute atomic E-state index is 12.6. The molecular weight excluding hydrogens is 374 g/mol. The summed E-state index contributed by atoms with van der Waals surface area (Å²) >= 11 is 0. The lowest BCUT2D eigenvalue weighted by Gasteiger charge is -2.23. The van der Waals surface area contributed by atoms with Crippen LogP contribution in [0.3, 0.4) is 0 Å². The average molecular weight is 397 g/mol. The minimum atomic E-state index is -1.31. The van der Waals surface area contributed by atoms with E-state index in [0.717, 1.165) is 16.7 Å². The van der Waals surface area contributed by atoms with Crippen molar-refractivity contribution >= 4 is 11.9 Å². The van der Waals surface area contributed by atoms with Crippen molar-refractivity contribution in [2.75, 3.05) is 18.6 Å². The van der Waals surface area contributed by atoms with Gasteiger partial charge in [0.15, 0.2) is 5.69 Å². The van der Waals surface area contributed by atoms with E-state index < -0.39 is 17.2 Å². The molecule has 1 N–H and O–H groups in total. The summed E-state index contributed by atoms with van der Waals surface area (Å²) in [7, 11) is 5.15. The van der Waals surface area contributed by atoms with E-state index in [4.69, 9.17) is 4.74 Å². The molecular formula is C20H23N5O4. The standard InChI is InChI=1S/C20H23N5O4/c1-5-29-17-16(19(27)28)22-20(25(4)18(17)26)23(2)11-13-8-6-7-9-15(13)14-10-21-24(3)12-14/h6-10,12H,5,11H2,1-4H3,(H,27,28). The summed E-state index contributed by atoms with van der Waals surface area (Å²) in [4.78, 5) is 30.2. The van der Waals surface area contributed by atoms with Crippen molar-refractivity contribution in [3.05, 3.63) is 58.3 Å². The number of ether oxygens (including phenoxy) is 1. The van der Waals surface area contributed by atoms with Gasteiger partial charge in [-0.25, -0.2) is 9.78 Å². The van der Waals surface area contributed by atoms with Gasteiger partial charge < -0.3 is 14.7 Å². The molecule has 0 amide bonds. The number of aromatic carboxylic acids is 1. The van der Waals surface area contributed by atoms with Gasteiger partial charge in [0.25, 0.3) is 5.56 Å². The van der Waals surface area contributed by atoms with Gasteiger partial charge >= 0.3 is 5.97 Å². The van der Waals surface area contributed by atoms with E-state index in [9.17, 15) is 14.7 Å². The molecule has 3 rings (SSSR count). The second-order valence-electron chi connectivity index (χ2n) is 6.61. The number of hydrogen-bond acceptors (Lipinski definition) is 6. The average Bonchev–Trinajstić information content (AvgIpc) is 3.12. The van der Waals surface area contributed by atoms with Gasteiger partial charge in [-0.15, -0.1) is 0 Å². The first-order chi connectivity index (χ1) is 13.8. The molecule has 0 saturated carbocycles. The van der Waals surface area contributed by atoms with Crippen molar-refractivity contribution in [1.82, 2.24) is 19.3 Å². The van der Waals surface area contributed by atoms with Crippen LogP contribution in [0, 0.1) is 0 Å². The molecule has 0 aliphatic rings. The molecule has 9 heteroatoms. The Balaban J connectivity index is 2.02. The molecule has 0 aliphatic carbocycles. The Morgan fingerprint density at radius 2 is 2.00 bits per heavy atom. The lowest BCUT2D eigenvalue weighted by Crippen LogP contribution is -2.31. The number of aromatic nitrogens is 4. The third-order valence-electron chi connectivity index (χ3n) is 4.50. The summed E-state index contributed by atoms with van der Waals surface area (Å²) in [5.74, 6) is -1.33. The molecule has 0 saturated heterocycles. The van der Waals surface area contributed by atoms with Gasteiger partial charge in [-0.05, 0) is 18.1 Å². The van der Waals surface area contributed by atoms with Crippen LogP contribution in [0.5, 0.6) is 5.75 Å². The van der Waals surface area contributed by atoms with Crippen LogP contribution in [0.25, 0.3) is 11.1 Å². The fourth-order valence-corrected chi connectivity index (χ4v) is 3.16. The highest BCUT2D eigenvalue weighted by Crippen LogP contribution is 2.25. The van der Waals surface area contributed by atoms with Gasteiger partial charge in [0, 0.05) is 39.4 Å². The van der Waals surface area contributed by atoms with Gasteiger partial charge in [0.05, 0.1) is 12.8 Å². The zero-order valence-electron chi connectivity index (χ0n) is 16.8. The Hall–Kier alpha value is -3.62. The van der Waals surface area contributed by atoms with Crippen molar-refractivity contribution in [2.45, 2.75) is 13.5 Å². The Labute approximate surface area is 167 Å². The summed E-state index contributed by atoms with van der Waals surface area (Å²) in [6, 6.07) is 7.84. The van der Waals surface area contributed by atoms with Crippen LogP contribution in [0.15, 0.2) is 41.5 Å². The molecule has 9 nitrogen and oxygen atoms in total. The Morgan fingerprint density at radius 3 is 2.62 bits per heavy atom. The second kappa shape index (κ2) is 8.17. The van der Waals surface area contributed by atoms with E-state index in [0.29, 0.717) is 6.54 Å².